The van der Waals surface area contributed by atoms with E-state index in [4.69, 9.17) is 4.74 Å². The average Bonchev–Trinajstić information content (AvgIpc) is 2.83. The second kappa shape index (κ2) is 5.48. The molecule has 2 rings (SSSR count). The Balaban J connectivity index is 1.89. The van der Waals surface area contributed by atoms with Crippen LogP contribution in [0.2, 0.25) is 0 Å². The van der Waals surface area contributed by atoms with Gasteiger partial charge in [0.25, 0.3) is 0 Å². The highest BCUT2D eigenvalue weighted by Gasteiger charge is 2.52. The Morgan fingerprint density at radius 1 is 1.67 bits per heavy atom. The monoisotopic (exact) mass is 272 g/mol. The molecule has 2 heterocycles. The maximum absolute atomic E-state index is 12.1. The summed E-state index contributed by atoms with van der Waals surface area (Å²) in [5.74, 6) is 0.787. The number of hydrogen-bond donors (Lipinski definition) is 1. The first-order valence-electron chi connectivity index (χ1n) is 6.31. The predicted octanol–water partition coefficient (Wildman–Crippen LogP) is 0.593. The number of rotatable bonds is 5. The number of nitrogens with zero attached hydrogens (tertiary/aromatic N) is 1. The average molecular weight is 272 g/mol. The topological polar surface area (TPSA) is 58.6 Å². The Kier molecular flexibility index (Phi) is 4.17. The fourth-order valence-electron chi connectivity index (χ4n) is 2.56. The number of amides is 2. The van der Waals surface area contributed by atoms with Gasteiger partial charge in [-0.3, -0.25) is 9.59 Å². The molecule has 2 aliphatic heterocycles. The van der Waals surface area contributed by atoms with Gasteiger partial charge in [0.2, 0.25) is 11.8 Å². The summed E-state index contributed by atoms with van der Waals surface area (Å²) in [5.41, 5.74) is 0. The Hall–Kier alpha value is -0.750. The lowest BCUT2D eigenvalue weighted by Gasteiger charge is -2.29. The molecule has 0 aromatic heterocycles. The number of fused-ring (bicyclic) bond motifs is 1. The smallest absolute Gasteiger partial charge is 0.243 e. The molecule has 2 atom stereocenters. The first-order valence-corrected chi connectivity index (χ1v) is 7.30. The van der Waals surface area contributed by atoms with Gasteiger partial charge in [-0.05, 0) is 19.8 Å². The molecule has 0 aromatic rings. The number of methoxy groups -OCH3 is 1. The fraction of sp³-hybridized carbons (Fsp3) is 0.833. The van der Waals surface area contributed by atoms with Crippen LogP contribution >= 0.6 is 11.8 Å². The lowest BCUT2D eigenvalue weighted by atomic mass is 10.2. The summed E-state index contributed by atoms with van der Waals surface area (Å²) in [4.78, 5) is 25.6. The zero-order valence-corrected chi connectivity index (χ0v) is 11.7. The van der Waals surface area contributed by atoms with Crippen LogP contribution in [0.25, 0.3) is 0 Å². The van der Waals surface area contributed by atoms with Crippen molar-refractivity contribution in [1.82, 2.24) is 10.2 Å². The minimum Gasteiger partial charge on any atom is -0.385 e. The molecule has 0 radical (unpaired) electrons. The van der Waals surface area contributed by atoms with Crippen LogP contribution in [0, 0.1) is 0 Å². The zero-order valence-electron chi connectivity index (χ0n) is 10.9. The molecule has 1 N–H and O–H groups in total. The number of nitrogens with one attached hydrogen (secondary N) is 1. The van der Waals surface area contributed by atoms with E-state index in [-0.39, 0.29) is 22.7 Å². The third-order valence-electron chi connectivity index (χ3n) is 3.57. The van der Waals surface area contributed by atoms with E-state index < -0.39 is 0 Å². The summed E-state index contributed by atoms with van der Waals surface area (Å²) >= 11 is 1.72. The van der Waals surface area contributed by atoms with Crippen LogP contribution in [0.5, 0.6) is 0 Å². The summed E-state index contributed by atoms with van der Waals surface area (Å²) in [7, 11) is 1.64. The lowest BCUT2D eigenvalue weighted by Crippen LogP contribution is -2.50. The summed E-state index contributed by atoms with van der Waals surface area (Å²) in [6.45, 7) is 3.30. The molecule has 0 unspecified atom stereocenters. The van der Waals surface area contributed by atoms with Crippen molar-refractivity contribution in [3.8, 4) is 0 Å². The highest BCUT2D eigenvalue weighted by molar-refractivity contribution is 8.01. The van der Waals surface area contributed by atoms with Crippen molar-refractivity contribution in [2.75, 3.05) is 26.0 Å². The van der Waals surface area contributed by atoms with Crippen molar-refractivity contribution in [2.45, 2.75) is 37.1 Å². The van der Waals surface area contributed by atoms with Crippen molar-refractivity contribution >= 4 is 23.6 Å². The molecule has 5 nitrogen and oxygen atoms in total. The Bertz CT molecular complexity index is 350. The highest BCUT2D eigenvalue weighted by Crippen LogP contribution is 2.47. The minimum absolute atomic E-state index is 0.0300. The van der Waals surface area contributed by atoms with Crippen molar-refractivity contribution in [3.63, 3.8) is 0 Å². The Morgan fingerprint density at radius 2 is 2.44 bits per heavy atom. The van der Waals surface area contributed by atoms with Crippen molar-refractivity contribution in [1.29, 1.82) is 0 Å². The maximum atomic E-state index is 12.1. The number of carbonyl (C=O) groups excluding carboxylic acids is 2. The predicted molar refractivity (Wildman–Crippen MR) is 70.2 cm³/mol. The maximum Gasteiger partial charge on any atom is 0.243 e. The first kappa shape index (κ1) is 13.7. The molecular weight excluding hydrogens is 252 g/mol. The fourth-order valence-corrected chi connectivity index (χ4v) is 3.99. The van der Waals surface area contributed by atoms with E-state index in [1.807, 2.05) is 0 Å². The second-order valence-corrected chi connectivity index (χ2v) is 6.40. The van der Waals surface area contributed by atoms with Crippen LogP contribution in [0.4, 0.5) is 0 Å². The van der Waals surface area contributed by atoms with Crippen molar-refractivity contribution in [2.24, 2.45) is 0 Å². The van der Waals surface area contributed by atoms with Gasteiger partial charge in [0, 0.05) is 32.4 Å². The van der Waals surface area contributed by atoms with Crippen LogP contribution in [0.1, 0.15) is 26.2 Å². The minimum atomic E-state index is -0.294. The molecule has 2 saturated heterocycles. The highest BCUT2D eigenvalue weighted by atomic mass is 32.2. The van der Waals surface area contributed by atoms with Gasteiger partial charge in [-0.2, -0.15) is 0 Å². The number of carbonyl (C=O) groups is 2. The van der Waals surface area contributed by atoms with E-state index in [0.29, 0.717) is 25.3 Å². The second-order valence-electron chi connectivity index (χ2n) is 4.90. The van der Waals surface area contributed by atoms with Crippen LogP contribution in [0.15, 0.2) is 0 Å². The molecule has 2 amide bonds. The van der Waals surface area contributed by atoms with Gasteiger partial charge in [-0.25, -0.2) is 0 Å². The molecule has 0 aromatic carbocycles. The normalized spacial score (nSPS) is 30.7. The first-order chi connectivity index (χ1) is 8.58. The lowest BCUT2D eigenvalue weighted by molar-refractivity contribution is -0.137. The van der Waals surface area contributed by atoms with E-state index in [1.165, 1.54) is 0 Å². The van der Waals surface area contributed by atoms with E-state index in [1.54, 1.807) is 23.8 Å². The molecular formula is C12H20N2O3S. The van der Waals surface area contributed by atoms with Crippen LogP contribution in [-0.4, -0.2) is 53.6 Å². The Labute approximate surface area is 112 Å². The number of hydrogen-bond acceptors (Lipinski definition) is 4. The van der Waals surface area contributed by atoms with Crippen LogP contribution < -0.4 is 5.32 Å². The summed E-state index contributed by atoms with van der Waals surface area (Å²) in [6.07, 6.45) is 2.22. The molecule has 0 spiro atoms. The zero-order chi connectivity index (χ0) is 13.2. The number of thioether (sulfide) groups is 1. The molecule has 2 aliphatic rings. The van der Waals surface area contributed by atoms with Gasteiger partial charge in [0.1, 0.15) is 6.04 Å². The van der Waals surface area contributed by atoms with Gasteiger partial charge >= 0.3 is 0 Å². The van der Waals surface area contributed by atoms with E-state index in [9.17, 15) is 9.59 Å². The third kappa shape index (κ3) is 2.49. The molecule has 0 saturated carbocycles. The Morgan fingerprint density at radius 3 is 3.17 bits per heavy atom. The largest absolute Gasteiger partial charge is 0.385 e. The SMILES string of the molecule is COCCCNC(=O)[C@@H]1CS[C@@]2(C)CCC(=O)N12. The molecule has 2 fully saturated rings. The van der Waals surface area contributed by atoms with Crippen LogP contribution in [0.3, 0.4) is 0 Å². The van der Waals surface area contributed by atoms with Gasteiger partial charge in [-0.15, -0.1) is 11.8 Å². The van der Waals surface area contributed by atoms with Gasteiger partial charge < -0.3 is 15.0 Å². The standard InChI is InChI=1S/C12H20N2O3S/c1-12-5-4-10(15)14(12)9(8-18-12)11(16)13-6-3-7-17-2/h9H,3-8H2,1-2H3,(H,13,16)/t9-,12-/m0/s1. The molecule has 102 valence electrons. The molecule has 0 aliphatic carbocycles. The summed E-state index contributed by atoms with van der Waals surface area (Å²) in [6, 6.07) is -0.294. The molecule has 6 heteroatoms. The van der Waals surface area contributed by atoms with Crippen molar-refractivity contribution in [3.05, 3.63) is 0 Å². The quantitative estimate of drug-likeness (QED) is 0.744. The molecule has 0 bridgehead atoms. The van der Waals surface area contributed by atoms with E-state index in [0.717, 1.165) is 12.8 Å². The number of ether oxygens (including phenoxy) is 1. The van der Waals surface area contributed by atoms with E-state index >= 15 is 0 Å². The van der Waals surface area contributed by atoms with Crippen LogP contribution in [-0.2, 0) is 14.3 Å². The van der Waals surface area contributed by atoms with Gasteiger partial charge in [0.15, 0.2) is 0 Å². The summed E-state index contributed by atoms with van der Waals surface area (Å²) in [5, 5.41) is 2.88. The summed E-state index contributed by atoms with van der Waals surface area (Å²) < 4.78 is 4.93. The van der Waals surface area contributed by atoms with Crippen molar-refractivity contribution < 1.29 is 14.3 Å². The van der Waals surface area contributed by atoms with Gasteiger partial charge in [0.05, 0.1) is 4.87 Å². The van der Waals surface area contributed by atoms with E-state index in [2.05, 4.69) is 12.2 Å². The molecule has 18 heavy (non-hydrogen) atoms. The van der Waals surface area contributed by atoms with Gasteiger partial charge in [-0.1, -0.05) is 0 Å². The third-order valence-corrected chi connectivity index (χ3v) is 5.08.